The van der Waals surface area contributed by atoms with E-state index < -0.39 is 23.9 Å². The summed E-state index contributed by atoms with van der Waals surface area (Å²) in [6, 6.07) is 16.4. The number of methoxy groups -OCH3 is 1. The van der Waals surface area contributed by atoms with Crippen LogP contribution >= 0.6 is 0 Å². The van der Waals surface area contributed by atoms with E-state index in [0.29, 0.717) is 22.6 Å². The second-order valence-corrected chi connectivity index (χ2v) is 8.09. The lowest BCUT2D eigenvalue weighted by Crippen LogP contribution is -2.04. The van der Waals surface area contributed by atoms with Gasteiger partial charge in [-0.2, -0.15) is 0 Å². The van der Waals surface area contributed by atoms with E-state index in [4.69, 9.17) is 23.7 Å². The standard InChI is InChI=1S/C30H26O9/c1-19(31)36-26-15-24(16-27(18-26)37-20(2)32)6-5-22-7-11-25(12-8-22)39-30(34)14-10-23-9-13-28(38-21(3)33)29(17-23)35-4/h5-18H,1-4H3/b6-5+,14-10+. The number of carbonyl (C=O) groups is 4. The van der Waals surface area contributed by atoms with Crippen LogP contribution in [-0.4, -0.2) is 31.0 Å². The third-order valence-electron chi connectivity index (χ3n) is 4.85. The Morgan fingerprint density at radius 2 is 1.10 bits per heavy atom. The summed E-state index contributed by atoms with van der Waals surface area (Å²) >= 11 is 0. The SMILES string of the molecule is COc1cc(/C=C/C(=O)Oc2ccc(/C=C/c3cc(OC(C)=O)cc(OC(C)=O)c3)cc2)ccc1OC(C)=O. The first-order valence-corrected chi connectivity index (χ1v) is 11.7. The van der Waals surface area contributed by atoms with Gasteiger partial charge in [-0.15, -0.1) is 0 Å². The zero-order valence-electron chi connectivity index (χ0n) is 21.8. The van der Waals surface area contributed by atoms with Crippen LogP contribution in [0.15, 0.2) is 66.7 Å². The lowest BCUT2D eigenvalue weighted by atomic mass is 10.1. The zero-order valence-corrected chi connectivity index (χ0v) is 21.8. The first-order chi connectivity index (χ1) is 18.6. The van der Waals surface area contributed by atoms with Crippen LogP contribution in [0.3, 0.4) is 0 Å². The molecule has 0 fully saturated rings. The highest BCUT2D eigenvalue weighted by atomic mass is 16.6. The molecule has 3 rings (SSSR count). The van der Waals surface area contributed by atoms with Gasteiger partial charge in [0.05, 0.1) is 7.11 Å². The molecule has 0 radical (unpaired) electrons. The Kier molecular flexibility index (Phi) is 9.75. The Hall–Kier alpha value is -5.18. The highest BCUT2D eigenvalue weighted by Crippen LogP contribution is 2.29. The second kappa shape index (κ2) is 13.4. The van der Waals surface area contributed by atoms with Gasteiger partial charge in [-0.25, -0.2) is 4.79 Å². The molecule has 0 N–H and O–H groups in total. The van der Waals surface area contributed by atoms with E-state index in [0.717, 1.165) is 5.56 Å². The Labute approximate surface area is 225 Å². The second-order valence-electron chi connectivity index (χ2n) is 8.09. The average Bonchev–Trinajstić information content (AvgIpc) is 2.86. The molecule has 0 unspecified atom stereocenters. The molecule has 9 nitrogen and oxygen atoms in total. The lowest BCUT2D eigenvalue weighted by Gasteiger charge is -2.08. The van der Waals surface area contributed by atoms with Crippen LogP contribution in [-0.2, 0) is 19.2 Å². The third-order valence-corrected chi connectivity index (χ3v) is 4.85. The van der Waals surface area contributed by atoms with Crippen molar-refractivity contribution in [3.05, 3.63) is 83.4 Å². The van der Waals surface area contributed by atoms with Crippen molar-refractivity contribution in [3.8, 4) is 28.7 Å². The fourth-order valence-electron chi connectivity index (χ4n) is 3.32. The molecule has 3 aromatic carbocycles. The minimum Gasteiger partial charge on any atom is -0.493 e. The number of ether oxygens (including phenoxy) is 5. The maximum Gasteiger partial charge on any atom is 0.336 e. The van der Waals surface area contributed by atoms with Crippen molar-refractivity contribution in [2.45, 2.75) is 20.8 Å². The van der Waals surface area contributed by atoms with Crippen molar-refractivity contribution in [1.29, 1.82) is 0 Å². The Morgan fingerprint density at radius 1 is 0.538 bits per heavy atom. The first-order valence-electron chi connectivity index (χ1n) is 11.7. The van der Waals surface area contributed by atoms with Crippen LogP contribution in [0.25, 0.3) is 18.2 Å². The van der Waals surface area contributed by atoms with Gasteiger partial charge >= 0.3 is 23.9 Å². The Morgan fingerprint density at radius 3 is 1.67 bits per heavy atom. The van der Waals surface area contributed by atoms with E-state index in [1.165, 1.54) is 40.0 Å². The number of hydrogen-bond donors (Lipinski definition) is 0. The van der Waals surface area contributed by atoms with Gasteiger partial charge in [0.2, 0.25) is 0 Å². The van der Waals surface area contributed by atoms with Crippen molar-refractivity contribution >= 4 is 42.1 Å². The van der Waals surface area contributed by atoms with Gasteiger partial charge in [0.1, 0.15) is 17.2 Å². The first kappa shape index (κ1) is 28.4. The third kappa shape index (κ3) is 9.32. The summed E-state index contributed by atoms with van der Waals surface area (Å²) in [5, 5.41) is 0. The van der Waals surface area contributed by atoms with Crippen LogP contribution in [0.1, 0.15) is 37.5 Å². The van der Waals surface area contributed by atoms with Gasteiger partial charge in [0.25, 0.3) is 0 Å². The number of carbonyl (C=O) groups excluding carboxylic acids is 4. The molecule has 3 aromatic rings. The van der Waals surface area contributed by atoms with Gasteiger partial charge in [0.15, 0.2) is 11.5 Å². The summed E-state index contributed by atoms with van der Waals surface area (Å²) in [5.41, 5.74) is 2.09. The van der Waals surface area contributed by atoms with E-state index in [-0.39, 0.29) is 17.2 Å². The largest absolute Gasteiger partial charge is 0.493 e. The van der Waals surface area contributed by atoms with Gasteiger partial charge in [-0.3, -0.25) is 14.4 Å². The smallest absolute Gasteiger partial charge is 0.336 e. The molecule has 0 saturated carbocycles. The molecule has 0 bridgehead atoms. The normalized spacial score (nSPS) is 10.8. The zero-order chi connectivity index (χ0) is 28.4. The predicted octanol–water partition coefficient (Wildman–Crippen LogP) is 5.26. The van der Waals surface area contributed by atoms with E-state index in [2.05, 4.69) is 0 Å². The number of esters is 4. The molecule has 0 aromatic heterocycles. The molecule has 0 heterocycles. The topological polar surface area (TPSA) is 114 Å². The van der Waals surface area contributed by atoms with Crippen LogP contribution in [0.5, 0.6) is 28.7 Å². The van der Waals surface area contributed by atoms with Crippen LogP contribution in [0.2, 0.25) is 0 Å². The molecule has 0 aliphatic heterocycles. The van der Waals surface area contributed by atoms with E-state index in [1.807, 2.05) is 0 Å². The molecule has 200 valence electrons. The Bertz CT molecular complexity index is 1400. The number of hydrogen-bond acceptors (Lipinski definition) is 9. The monoisotopic (exact) mass is 530 g/mol. The minimum atomic E-state index is -0.582. The molecule has 39 heavy (non-hydrogen) atoms. The van der Waals surface area contributed by atoms with Crippen LogP contribution < -0.4 is 23.7 Å². The average molecular weight is 531 g/mol. The molecule has 0 saturated heterocycles. The van der Waals surface area contributed by atoms with Gasteiger partial charge < -0.3 is 23.7 Å². The van der Waals surface area contributed by atoms with Crippen LogP contribution in [0, 0.1) is 0 Å². The molecule has 0 amide bonds. The fraction of sp³-hybridized carbons (Fsp3) is 0.133. The predicted molar refractivity (Wildman–Crippen MR) is 143 cm³/mol. The quantitative estimate of drug-likeness (QED) is 0.158. The fourth-order valence-corrected chi connectivity index (χ4v) is 3.32. The highest BCUT2D eigenvalue weighted by molar-refractivity contribution is 5.89. The van der Waals surface area contributed by atoms with Crippen LogP contribution in [0.4, 0.5) is 0 Å². The minimum absolute atomic E-state index is 0.245. The number of benzene rings is 3. The van der Waals surface area contributed by atoms with Crippen molar-refractivity contribution in [2.24, 2.45) is 0 Å². The van der Waals surface area contributed by atoms with Crippen molar-refractivity contribution in [3.63, 3.8) is 0 Å². The van der Waals surface area contributed by atoms with E-state index in [1.54, 1.807) is 72.8 Å². The molecule has 0 atom stereocenters. The van der Waals surface area contributed by atoms with Crippen molar-refractivity contribution < 1.29 is 42.9 Å². The van der Waals surface area contributed by atoms with Crippen molar-refractivity contribution in [2.75, 3.05) is 7.11 Å². The molecular formula is C30H26O9. The van der Waals surface area contributed by atoms with Gasteiger partial charge in [0, 0.05) is 32.9 Å². The van der Waals surface area contributed by atoms with Gasteiger partial charge in [-0.1, -0.05) is 30.4 Å². The molecule has 0 aliphatic rings. The molecule has 0 spiro atoms. The summed E-state index contributed by atoms with van der Waals surface area (Å²) in [6.07, 6.45) is 6.37. The van der Waals surface area contributed by atoms with Gasteiger partial charge in [-0.05, 0) is 59.2 Å². The maximum atomic E-state index is 12.3. The number of rotatable bonds is 9. The summed E-state index contributed by atoms with van der Waals surface area (Å²) in [7, 11) is 1.45. The van der Waals surface area contributed by atoms with Crippen molar-refractivity contribution in [1.82, 2.24) is 0 Å². The summed E-state index contributed by atoms with van der Waals surface area (Å²) < 4.78 is 25.9. The maximum absolute atomic E-state index is 12.3. The van der Waals surface area contributed by atoms with E-state index in [9.17, 15) is 19.2 Å². The highest BCUT2D eigenvalue weighted by Gasteiger charge is 2.08. The summed E-state index contributed by atoms with van der Waals surface area (Å²) in [5.74, 6) is -0.580. The Balaban J connectivity index is 1.65. The van der Waals surface area contributed by atoms with E-state index >= 15 is 0 Å². The summed E-state index contributed by atoms with van der Waals surface area (Å²) in [4.78, 5) is 46.1. The molecule has 9 heteroatoms. The summed E-state index contributed by atoms with van der Waals surface area (Å²) in [6.45, 7) is 3.85. The lowest BCUT2D eigenvalue weighted by molar-refractivity contribution is -0.133. The molecule has 0 aliphatic carbocycles. The molecular weight excluding hydrogens is 504 g/mol.